The fourth-order valence-electron chi connectivity index (χ4n) is 7.58. The SMILES string of the molecule is CCCCC/C=C\C/C=C\C/C=C\CCCCCCC(=O)OC[C@@H]1COP(=O)(O)O[C@H]2[C@H](O)[C@@H](O)[C@H](O)[C@@H](C/C=C\CCCC(=O)O1)[C@@H](O)CC(O)O[C@H](C=C[C@@H](O)CCCCC)[C@@H](O)[C@H]2O. The van der Waals surface area contributed by atoms with Crippen molar-refractivity contribution in [1.82, 2.24) is 0 Å². The Morgan fingerprint density at radius 3 is 2.12 bits per heavy atom. The highest BCUT2D eigenvalue weighted by atomic mass is 31.2. The lowest BCUT2D eigenvalue weighted by atomic mass is 9.83. The van der Waals surface area contributed by atoms with Gasteiger partial charge >= 0.3 is 19.8 Å². The van der Waals surface area contributed by atoms with Gasteiger partial charge in [-0.2, -0.15) is 0 Å². The van der Waals surface area contributed by atoms with Gasteiger partial charge < -0.3 is 60.0 Å². The highest BCUT2D eigenvalue weighted by Gasteiger charge is 2.48. The molecule has 1 saturated heterocycles. The molecule has 0 radical (unpaired) electrons. The first kappa shape index (κ1) is 60.5. The summed E-state index contributed by atoms with van der Waals surface area (Å²) in [6, 6.07) is 0. The number of hydrogen-bond donors (Lipinski definition) is 9. The number of aliphatic hydroxyl groups excluding tert-OH is 8. The van der Waals surface area contributed by atoms with Gasteiger partial charge in [-0.25, -0.2) is 4.57 Å². The molecule has 2 bridgehead atoms. The molecule has 1 fully saturated rings. The van der Waals surface area contributed by atoms with E-state index in [4.69, 9.17) is 23.3 Å². The topological polar surface area (TPSA) is 279 Å². The van der Waals surface area contributed by atoms with Crippen LogP contribution < -0.4 is 0 Å². The minimum atomic E-state index is -5.48. The minimum Gasteiger partial charge on any atom is -0.462 e. The molecule has 0 amide bonds. The molecule has 9 N–H and O–H groups in total. The zero-order chi connectivity index (χ0) is 49.5. The van der Waals surface area contributed by atoms with Crippen LogP contribution in [0.4, 0.5) is 0 Å². The van der Waals surface area contributed by atoms with Gasteiger partial charge in [-0.3, -0.25) is 18.6 Å². The molecule has 0 aliphatic carbocycles. The van der Waals surface area contributed by atoms with Crippen LogP contribution in [-0.2, 0) is 37.4 Å². The summed E-state index contributed by atoms with van der Waals surface area (Å²) in [6.45, 7) is 2.74. The lowest BCUT2D eigenvalue weighted by Crippen LogP contribution is -2.58. The zero-order valence-corrected chi connectivity index (χ0v) is 40.6. The number of phosphoric acid groups is 1. The lowest BCUT2D eigenvalue weighted by molar-refractivity contribution is -0.213. The lowest BCUT2D eigenvalue weighted by Gasteiger charge is -2.39. The fraction of sp³-hybridized carbons (Fsp3) is 0.755. The van der Waals surface area contributed by atoms with Crippen LogP contribution in [0.5, 0.6) is 0 Å². The van der Waals surface area contributed by atoms with Crippen molar-refractivity contribution in [3.63, 3.8) is 0 Å². The third-order valence-corrected chi connectivity index (χ3v) is 12.6. The van der Waals surface area contributed by atoms with Crippen molar-refractivity contribution in [2.24, 2.45) is 5.92 Å². The van der Waals surface area contributed by atoms with Crippen LogP contribution in [-0.4, -0.2) is 138 Å². The molecule has 2 aliphatic rings. The van der Waals surface area contributed by atoms with E-state index in [0.29, 0.717) is 25.7 Å². The summed E-state index contributed by atoms with van der Waals surface area (Å²) < 4.78 is 40.2. The Hall–Kier alpha value is -2.61. The second-order valence-corrected chi connectivity index (χ2v) is 18.9. The monoisotopic (exact) mass is 975 g/mol. The van der Waals surface area contributed by atoms with E-state index < -0.39 is 113 Å². The summed E-state index contributed by atoms with van der Waals surface area (Å²) in [5.74, 6) is -2.64. The molecule has 13 atom stereocenters. The Kier molecular flexibility index (Phi) is 32.0. The van der Waals surface area contributed by atoms with Crippen molar-refractivity contribution < 1.29 is 83.2 Å². The molecule has 0 aromatic rings. The molecule has 17 nitrogen and oxygen atoms in total. The number of hydrogen-bond acceptors (Lipinski definition) is 16. The summed E-state index contributed by atoms with van der Waals surface area (Å²) >= 11 is 0. The third kappa shape index (κ3) is 26.3. The molecular weight excluding hydrogens is 891 g/mol. The summed E-state index contributed by atoms with van der Waals surface area (Å²) in [5.41, 5.74) is 0. The number of rotatable bonds is 23. The van der Waals surface area contributed by atoms with Crippen molar-refractivity contribution in [3.05, 3.63) is 60.8 Å². The average Bonchev–Trinajstić information content (AvgIpc) is 3.29. The first-order chi connectivity index (χ1) is 32.1. The summed E-state index contributed by atoms with van der Waals surface area (Å²) in [5, 5.41) is 89.2. The second-order valence-electron chi connectivity index (χ2n) is 17.5. The van der Waals surface area contributed by atoms with Gasteiger partial charge in [-0.05, 0) is 70.6 Å². The maximum atomic E-state index is 13.5. The van der Waals surface area contributed by atoms with Crippen LogP contribution in [0.1, 0.15) is 149 Å². The van der Waals surface area contributed by atoms with E-state index in [1.807, 2.05) is 6.92 Å². The minimum absolute atomic E-state index is 0.0732. The maximum Gasteiger partial charge on any atom is 0.472 e. The Morgan fingerprint density at radius 2 is 1.43 bits per heavy atom. The number of aliphatic hydroxyl groups is 8. The molecule has 18 heteroatoms. The Labute approximate surface area is 397 Å². The largest absolute Gasteiger partial charge is 0.472 e. The number of carbonyl (C=O) groups is 2. The van der Waals surface area contributed by atoms with Crippen molar-refractivity contribution in [2.45, 2.75) is 216 Å². The molecule has 386 valence electrons. The Morgan fingerprint density at radius 1 is 0.806 bits per heavy atom. The average molecular weight is 975 g/mol. The van der Waals surface area contributed by atoms with E-state index in [0.717, 1.165) is 63.9 Å². The fourth-order valence-corrected chi connectivity index (χ4v) is 8.55. The highest BCUT2D eigenvalue weighted by Crippen LogP contribution is 2.47. The number of fused-ring (bicyclic) bond motifs is 4. The highest BCUT2D eigenvalue weighted by molar-refractivity contribution is 7.47. The van der Waals surface area contributed by atoms with Crippen LogP contribution in [0.15, 0.2) is 60.8 Å². The molecule has 2 heterocycles. The van der Waals surface area contributed by atoms with Gasteiger partial charge in [0.05, 0.1) is 24.9 Å². The van der Waals surface area contributed by atoms with Crippen molar-refractivity contribution in [1.29, 1.82) is 0 Å². The van der Waals surface area contributed by atoms with E-state index in [2.05, 4.69) is 43.4 Å². The standard InChI is InChI=1S/C49H83O17P/c1-3-5-7-8-9-10-11-12-13-14-15-16-17-18-19-20-25-29-41(52)62-34-37-35-63-67(60,61)66-49-47(58)45(56)40(32-31-36(50)27-23-6-4-2)65-43(54)33-39(51)38(44(55)46(57)48(49)59)28-24-21-22-26-30-42(53)64-37/h9-10,12-13,15-16,21,24,31-32,36-40,43-51,54-59H,3-8,11,14,17-20,22-23,25-30,33-35H2,1-2H3,(H,60,61)/b10-9-,13-12-,16-15-,24-21-,32-31?/t36-,37+,38-,39-,40+,43?,44+,45+,46-,47+,48+,49+/m0/s1. The van der Waals surface area contributed by atoms with Crippen LogP contribution in [0, 0.1) is 5.92 Å². The molecular formula is C49H83O17P. The van der Waals surface area contributed by atoms with Crippen LogP contribution in [0.25, 0.3) is 0 Å². The van der Waals surface area contributed by atoms with Crippen LogP contribution >= 0.6 is 7.82 Å². The molecule has 2 unspecified atom stereocenters. The molecule has 0 aromatic carbocycles. The summed E-state index contributed by atoms with van der Waals surface area (Å²) in [4.78, 5) is 36.5. The smallest absolute Gasteiger partial charge is 0.462 e. The summed E-state index contributed by atoms with van der Waals surface area (Å²) in [7, 11) is -5.48. The number of unbranched alkanes of at least 4 members (excludes halogenated alkanes) is 9. The first-order valence-electron chi connectivity index (χ1n) is 24.5. The van der Waals surface area contributed by atoms with E-state index in [9.17, 15) is 59.9 Å². The van der Waals surface area contributed by atoms with Crippen LogP contribution in [0.2, 0.25) is 0 Å². The molecule has 0 spiro atoms. The van der Waals surface area contributed by atoms with E-state index in [1.54, 1.807) is 12.2 Å². The van der Waals surface area contributed by atoms with Gasteiger partial charge in [-0.15, -0.1) is 0 Å². The number of carbonyl (C=O) groups excluding carboxylic acids is 2. The number of esters is 2. The van der Waals surface area contributed by atoms with Crippen molar-refractivity contribution in [2.75, 3.05) is 13.2 Å². The second kappa shape index (κ2) is 35.5. The van der Waals surface area contributed by atoms with Crippen LogP contribution in [0.3, 0.4) is 0 Å². The van der Waals surface area contributed by atoms with Gasteiger partial charge in [0.1, 0.15) is 43.2 Å². The normalized spacial score (nSPS) is 32.3. The zero-order valence-electron chi connectivity index (χ0n) is 39.7. The molecule has 67 heavy (non-hydrogen) atoms. The van der Waals surface area contributed by atoms with Gasteiger partial charge in [0.15, 0.2) is 12.4 Å². The Balaban J connectivity index is 2.14. The quantitative estimate of drug-likeness (QED) is 0.0252. The number of ether oxygens (including phenoxy) is 3. The molecule has 0 aromatic heterocycles. The molecule has 0 saturated carbocycles. The van der Waals surface area contributed by atoms with Gasteiger partial charge in [0.2, 0.25) is 0 Å². The number of phosphoric ester groups is 1. The predicted molar refractivity (Wildman–Crippen MR) is 252 cm³/mol. The summed E-state index contributed by atoms with van der Waals surface area (Å²) in [6.07, 6.45) is 10.6. The molecule has 2 aliphatic heterocycles. The van der Waals surface area contributed by atoms with E-state index >= 15 is 0 Å². The maximum absolute atomic E-state index is 13.5. The predicted octanol–water partition coefficient (Wildman–Crippen LogP) is 5.83. The Bertz CT molecular complexity index is 1540. The van der Waals surface area contributed by atoms with Crippen molar-refractivity contribution in [3.8, 4) is 0 Å². The molecule has 2 rings (SSSR count). The first-order valence-corrected chi connectivity index (χ1v) is 26.0. The van der Waals surface area contributed by atoms with E-state index in [-0.39, 0.29) is 25.7 Å². The van der Waals surface area contributed by atoms with E-state index in [1.165, 1.54) is 25.3 Å². The number of cyclic esters (lactones) is 1. The van der Waals surface area contributed by atoms with Gasteiger partial charge in [0, 0.05) is 25.2 Å². The third-order valence-electron chi connectivity index (χ3n) is 11.6. The van der Waals surface area contributed by atoms with Gasteiger partial charge in [0.25, 0.3) is 0 Å². The van der Waals surface area contributed by atoms with Crippen molar-refractivity contribution >= 4 is 19.8 Å². The van der Waals surface area contributed by atoms with Gasteiger partial charge in [-0.1, -0.05) is 120 Å². The number of allylic oxidation sites excluding steroid dienone is 8.